The Bertz CT molecular complexity index is 1260. The van der Waals surface area contributed by atoms with E-state index in [1.165, 1.54) is 29.5 Å². The highest BCUT2D eigenvalue weighted by Gasteiger charge is 2.22. The molecule has 1 N–H and O–H groups in total. The summed E-state index contributed by atoms with van der Waals surface area (Å²) in [7, 11) is 0. The number of aryl methyl sites for hydroxylation is 2. The van der Waals surface area contributed by atoms with Crippen LogP contribution in [0, 0.1) is 18.3 Å². The van der Waals surface area contributed by atoms with Gasteiger partial charge < -0.3 is 10.1 Å². The monoisotopic (exact) mass is 521 g/mol. The zero-order chi connectivity index (χ0) is 25.5. The fourth-order valence-electron chi connectivity index (χ4n) is 4.30. The Hall–Kier alpha value is -3.09. The van der Waals surface area contributed by atoms with Crippen LogP contribution in [0.4, 0.5) is 5.00 Å². The molecule has 1 aromatic carbocycles. The number of rotatable bonds is 9. The number of nitriles is 1. The average Bonchev–Trinajstić information content (AvgIpc) is 3.39. The molecular weight excluding hydrogens is 490 g/mol. The molecule has 1 amide bonds. The topological polar surface area (TPSA) is 92.8 Å². The van der Waals surface area contributed by atoms with Crippen LogP contribution < -0.4 is 10.1 Å². The molecule has 0 fully saturated rings. The Kier molecular flexibility index (Phi) is 8.83. The van der Waals surface area contributed by atoms with E-state index in [1.54, 1.807) is 17.4 Å². The molecule has 1 unspecified atom stereocenters. The first-order chi connectivity index (χ1) is 17.5. The summed E-state index contributed by atoms with van der Waals surface area (Å²) >= 11 is 2.86. The van der Waals surface area contributed by atoms with Gasteiger partial charge in [-0.3, -0.25) is 9.36 Å². The third kappa shape index (κ3) is 6.18. The molecule has 1 aliphatic rings. The number of benzene rings is 1. The van der Waals surface area contributed by atoms with E-state index < -0.39 is 0 Å². The smallest absolute Gasteiger partial charge is 0.235 e. The summed E-state index contributed by atoms with van der Waals surface area (Å²) < 4.78 is 7.99. The largest absolute Gasteiger partial charge is 0.483 e. The van der Waals surface area contributed by atoms with Crippen LogP contribution >= 0.6 is 23.1 Å². The molecule has 0 bridgehead atoms. The summed E-state index contributed by atoms with van der Waals surface area (Å²) in [6, 6.07) is 10.2. The number of thiophene rings is 1. The third-order valence-corrected chi connectivity index (χ3v) is 8.30. The number of amides is 1. The zero-order valence-corrected chi connectivity index (χ0v) is 22.4. The van der Waals surface area contributed by atoms with Crippen LogP contribution in [0.1, 0.15) is 66.1 Å². The van der Waals surface area contributed by atoms with Crippen LogP contribution in [0.2, 0.25) is 0 Å². The lowest BCUT2D eigenvalue weighted by Crippen LogP contribution is -2.15. The summed E-state index contributed by atoms with van der Waals surface area (Å²) in [5, 5.41) is 22.7. The Balaban J connectivity index is 1.43. The van der Waals surface area contributed by atoms with Crippen LogP contribution in [0.25, 0.3) is 0 Å². The number of hydrogen-bond acceptors (Lipinski definition) is 7. The number of carbonyl (C=O) groups is 1. The number of nitrogens with one attached hydrogen (secondary N) is 1. The molecule has 7 nitrogen and oxygen atoms in total. The standard InChI is InChI=1S/C27H31N5O2S2/c1-4-15-32-25(19(3)34-20-13-11-18(2)12-14-20)30-31-27(32)35-17-24(33)29-26-22(16-28)21-9-7-5-6-8-10-23(21)36-26/h4,11-14,19H,1,5-10,15,17H2,2-3H3,(H,29,33). The van der Waals surface area contributed by atoms with Gasteiger partial charge in [0.2, 0.25) is 5.91 Å². The SMILES string of the molecule is C=CCn1c(SCC(=O)Nc2sc3c(c2C#N)CCCCCC3)nnc1C(C)Oc1ccc(C)cc1. The van der Waals surface area contributed by atoms with Crippen LogP contribution in [-0.2, 0) is 24.2 Å². The summed E-state index contributed by atoms with van der Waals surface area (Å²) in [5.74, 6) is 1.43. The van der Waals surface area contributed by atoms with Crippen molar-refractivity contribution in [2.75, 3.05) is 11.1 Å². The highest BCUT2D eigenvalue weighted by atomic mass is 32.2. The van der Waals surface area contributed by atoms with E-state index in [0.717, 1.165) is 42.6 Å². The molecule has 2 heterocycles. The van der Waals surface area contributed by atoms with Crippen molar-refractivity contribution in [3.63, 3.8) is 0 Å². The first-order valence-corrected chi connectivity index (χ1v) is 14.0. The molecule has 9 heteroatoms. The van der Waals surface area contributed by atoms with E-state index in [4.69, 9.17) is 4.74 Å². The van der Waals surface area contributed by atoms with E-state index >= 15 is 0 Å². The quantitative estimate of drug-likeness (QED) is 0.265. The molecule has 0 radical (unpaired) electrons. The predicted molar refractivity (Wildman–Crippen MR) is 145 cm³/mol. The molecule has 2 aromatic heterocycles. The number of hydrogen-bond donors (Lipinski definition) is 1. The van der Waals surface area contributed by atoms with Gasteiger partial charge in [0, 0.05) is 11.4 Å². The maximum atomic E-state index is 12.8. The molecule has 1 atom stereocenters. The van der Waals surface area contributed by atoms with Crippen molar-refractivity contribution in [2.24, 2.45) is 0 Å². The maximum Gasteiger partial charge on any atom is 0.235 e. The van der Waals surface area contributed by atoms with Crippen molar-refractivity contribution in [1.29, 1.82) is 5.26 Å². The van der Waals surface area contributed by atoms with Crippen molar-refractivity contribution in [3.05, 3.63) is 64.3 Å². The van der Waals surface area contributed by atoms with Crippen molar-refractivity contribution in [2.45, 2.75) is 70.2 Å². The van der Waals surface area contributed by atoms with Gasteiger partial charge in [-0.15, -0.1) is 28.1 Å². The number of fused-ring (bicyclic) bond motifs is 1. The second kappa shape index (κ2) is 12.2. The molecule has 0 saturated carbocycles. The lowest BCUT2D eigenvalue weighted by atomic mass is 9.97. The van der Waals surface area contributed by atoms with Crippen LogP contribution in [0.3, 0.4) is 0 Å². The molecule has 3 aromatic rings. The lowest BCUT2D eigenvalue weighted by Gasteiger charge is -2.16. The minimum atomic E-state index is -0.327. The number of carbonyl (C=O) groups excluding carboxylic acids is 1. The highest BCUT2D eigenvalue weighted by molar-refractivity contribution is 7.99. The molecular formula is C27H31N5O2S2. The van der Waals surface area contributed by atoms with Gasteiger partial charge in [0.25, 0.3) is 0 Å². The number of ether oxygens (including phenoxy) is 1. The Morgan fingerprint density at radius 1 is 1.28 bits per heavy atom. The van der Waals surface area contributed by atoms with E-state index in [0.29, 0.717) is 28.1 Å². The number of anilines is 1. The Morgan fingerprint density at radius 2 is 2.03 bits per heavy atom. The molecule has 4 rings (SSSR count). The van der Waals surface area contributed by atoms with Crippen molar-refractivity contribution in [1.82, 2.24) is 14.8 Å². The second-order valence-electron chi connectivity index (χ2n) is 8.88. The van der Waals surface area contributed by atoms with Crippen LogP contribution in [0.5, 0.6) is 5.75 Å². The van der Waals surface area contributed by atoms with Crippen molar-refractivity contribution < 1.29 is 9.53 Å². The first-order valence-electron chi connectivity index (χ1n) is 12.2. The molecule has 1 aliphatic carbocycles. The number of allylic oxidation sites excluding steroid dienone is 1. The van der Waals surface area contributed by atoms with Gasteiger partial charge in [-0.05, 0) is 57.2 Å². The van der Waals surface area contributed by atoms with Gasteiger partial charge in [-0.1, -0.05) is 48.4 Å². The number of aromatic nitrogens is 3. The zero-order valence-electron chi connectivity index (χ0n) is 20.7. The Morgan fingerprint density at radius 3 is 2.75 bits per heavy atom. The minimum absolute atomic E-state index is 0.163. The fraction of sp³-hybridized carbons (Fsp3) is 0.407. The average molecular weight is 522 g/mol. The summed E-state index contributed by atoms with van der Waals surface area (Å²) in [5.41, 5.74) is 2.93. The van der Waals surface area contributed by atoms with Crippen molar-refractivity contribution in [3.8, 4) is 11.8 Å². The van der Waals surface area contributed by atoms with E-state index in [-0.39, 0.29) is 17.8 Å². The molecule has 36 heavy (non-hydrogen) atoms. The second-order valence-corrected chi connectivity index (χ2v) is 10.9. The van der Waals surface area contributed by atoms with Gasteiger partial charge in [0.15, 0.2) is 17.1 Å². The van der Waals surface area contributed by atoms with E-state index in [2.05, 4.69) is 28.2 Å². The van der Waals surface area contributed by atoms with Gasteiger partial charge in [-0.25, -0.2) is 0 Å². The summed E-state index contributed by atoms with van der Waals surface area (Å²) in [6.07, 6.45) is 7.98. The highest BCUT2D eigenvalue weighted by Crippen LogP contribution is 2.36. The van der Waals surface area contributed by atoms with Crippen molar-refractivity contribution >= 4 is 34.0 Å². The number of nitrogens with zero attached hydrogens (tertiary/aromatic N) is 4. The number of thioether (sulfide) groups is 1. The maximum absolute atomic E-state index is 12.8. The predicted octanol–water partition coefficient (Wildman–Crippen LogP) is 6.24. The van der Waals surface area contributed by atoms with E-state index in [9.17, 15) is 10.1 Å². The van der Waals surface area contributed by atoms with Gasteiger partial charge >= 0.3 is 0 Å². The third-order valence-electron chi connectivity index (χ3n) is 6.12. The molecule has 0 aliphatic heterocycles. The minimum Gasteiger partial charge on any atom is -0.483 e. The molecule has 0 saturated heterocycles. The Labute approximate surface area is 220 Å². The normalized spacial score (nSPS) is 14.1. The summed E-state index contributed by atoms with van der Waals surface area (Å²) in [6.45, 7) is 8.31. The molecule has 0 spiro atoms. The van der Waals surface area contributed by atoms with E-state index in [1.807, 2.05) is 42.7 Å². The summed E-state index contributed by atoms with van der Waals surface area (Å²) in [4.78, 5) is 14.1. The van der Waals surface area contributed by atoms with Crippen LogP contribution in [0.15, 0.2) is 42.1 Å². The van der Waals surface area contributed by atoms with Gasteiger partial charge in [0.05, 0.1) is 11.3 Å². The fourth-order valence-corrected chi connectivity index (χ4v) is 6.31. The molecule has 188 valence electrons. The van der Waals surface area contributed by atoms with Crippen LogP contribution in [-0.4, -0.2) is 26.4 Å². The van der Waals surface area contributed by atoms with Gasteiger partial charge in [0.1, 0.15) is 16.8 Å². The first kappa shape index (κ1) is 26.0. The van der Waals surface area contributed by atoms with Gasteiger partial charge in [-0.2, -0.15) is 5.26 Å². The lowest BCUT2D eigenvalue weighted by molar-refractivity contribution is -0.113.